The fourth-order valence-electron chi connectivity index (χ4n) is 2.87. The molecule has 1 aromatic carbocycles. The van der Waals surface area contributed by atoms with Crippen molar-refractivity contribution in [3.05, 3.63) is 76.6 Å². The van der Waals surface area contributed by atoms with Crippen molar-refractivity contribution < 1.29 is 13.6 Å². The molecule has 0 fully saturated rings. The first kappa shape index (κ1) is 18.4. The second kappa shape index (κ2) is 7.23. The number of aromatic nitrogens is 5. The number of carbonyl (C=O) groups is 1. The minimum atomic E-state index is -0.790. The Hall–Kier alpha value is -3.95. The molecule has 4 rings (SSSR count). The van der Waals surface area contributed by atoms with Crippen LogP contribution in [-0.4, -0.2) is 30.1 Å². The molecule has 4 aromatic rings. The lowest BCUT2D eigenvalue weighted by Gasteiger charge is -2.05. The van der Waals surface area contributed by atoms with E-state index in [0.29, 0.717) is 17.2 Å². The second-order valence-corrected chi connectivity index (χ2v) is 6.21. The van der Waals surface area contributed by atoms with E-state index in [9.17, 15) is 18.4 Å². The summed E-state index contributed by atoms with van der Waals surface area (Å²) in [6, 6.07) is 9.62. The Morgan fingerprint density at radius 1 is 1.14 bits per heavy atom. The molecule has 0 bridgehead atoms. The Morgan fingerprint density at radius 3 is 2.72 bits per heavy atom. The van der Waals surface area contributed by atoms with Crippen LogP contribution in [0.25, 0.3) is 17.0 Å². The summed E-state index contributed by atoms with van der Waals surface area (Å²) in [5.74, 6) is -1.84. The maximum Gasteiger partial charge on any atom is 0.352 e. The zero-order valence-corrected chi connectivity index (χ0v) is 15.1. The van der Waals surface area contributed by atoms with Crippen LogP contribution in [0.2, 0.25) is 0 Å². The van der Waals surface area contributed by atoms with Crippen molar-refractivity contribution in [3.8, 4) is 11.4 Å². The molecule has 0 aliphatic heterocycles. The molecule has 146 valence electrons. The van der Waals surface area contributed by atoms with Crippen LogP contribution in [-0.2, 0) is 11.3 Å². The molecule has 10 heteroatoms. The SMILES string of the molecule is Cc1nc(-c2ccccn2)cc2nn(CC(=O)Nc3cc(F)ccc3F)c(=O)n12. The third-order valence-corrected chi connectivity index (χ3v) is 4.16. The molecule has 0 spiro atoms. The largest absolute Gasteiger partial charge is 0.352 e. The highest BCUT2D eigenvalue weighted by atomic mass is 19.1. The standard InChI is InChI=1S/C19H14F2N6O2/c1-11-23-16(14-4-2-3-7-22-14)9-17-25-26(19(29)27(11)17)10-18(28)24-15-8-12(20)5-6-13(15)21/h2-9H,10H2,1H3,(H,24,28). The van der Waals surface area contributed by atoms with Gasteiger partial charge in [-0.15, -0.1) is 5.10 Å². The normalized spacial score (nSPS) is 11.0. The highest BCUT2D eigenvalue weighted by Crippen LogP contribution is 2.17. The molecule has 3 heterocycles. The number of amides is 1. The highest BCUT2D eigenvalue weighted by Gasteiger charge is 2.16. The number of benzene rings is 1. The number of nitrogens with zero attached hydrogens (tertiary/aromatic N) is 5. The van der Waals surface area contributed by atoms with E-state index in [4.69, 9.17) is 0 Å². The van der Waals surface area contributed by atoms with Crippen molar-refractivity contribution in [2.75, 3.05) is 5.32 Å². The Bertz CT molecular complexity index is 1280. The van der Waals surface area contributed by atoms with Crippen LogP contribution >= 0.6 is 0 Å². The van der Waals surface area contributed by atoms with E-state index in [1.807, 2.05) is 6.07 Å². The predicted molar refractivity (Wildman–Crippen MR) is 100 cm³/mol. The Kier molecular flexibility index (Phi) is 4.59. The Labute approximate surface area is 162 Å². The first-order valence-electron chi connectivity index (χ1n) is 8.56. The molecule has 0 aliphatic carbocycles. The maximum atomic E-state index is 13.7. The summed E-state index contributed by atoms with van der Waals surface area (Å²) in [5.41, 5.74) is 0.529. The van der Waals surface area contributed by atoms with E-state index in [1.54, 1.807) is 31.3 Å². The van der Waals surface area contributed by atoms with Gasteiger partial charge >= 0.3 is 5.69 Å². The van der Waals surface area contributed by atoms with Gasteiger partial charge in [0.25, 0.3) is 0 Å². The molecule has 8 nitrogen and oxygen atoms in total. The number of fused-ring (bicyclic) bond motifs is 1. The van der Waals surface area contributed by atoms with Gasteiger partial charge in [0.15, 0.2) is 5.65 Å². The third-order valence-electron chi connectivity index (χ3n) is 4.16. The molecule has 29 heavy (non-hydrogen) atoms. The van der Waals surface area contributed by atoms with Crippen LogP contribution < -0.4 is 11.0 Å². The maximum absolute atomic E-state index is 13.7. The molecule has 0 unspecified atom stereocenters. The number of hydrogen-bond donors (Lipinski definition) is 1. The predicted octanol–water partition coefficient (Wildman–Crippen LogP) is 2.18. The fraction of sp³-hybridized carbons (Fsp3) is 0.105. The van der Waals surface area contributed by atoms with Gasteiger partial charge in [-0.2, -0.15) is 0 Å². The van der Waals surface area contributed by atoms with Gasteiger partial charge in [0, 0.05) is 18.3 Å². The summed E-state index contributed by atoms with van der Waals surface area (Å²) in [5, 5.41) is 6.39. The molecule has 0 atom stereocenters. The van der Waals surface area contributed by atoms with Crippen LogP contribution in [0.4, 0.5) is 14.5 Å². The number of rotatable bonds is 4. The van der Waals surface area contributed by atoms with E-state index in [1.165, 1.54) is 4.40 Å². The summed E-state index contributed by atoms with van der Waals surface area (Å²) in [7, 11) is 0. The van der Waals surface area contributed by atoms with E-state index < -0.39 is 29.8 Å². The number of hydrogen-bond acceptors (Lipinski definition) is 5. The zero-order valence-electron chi connectivity index (χ0n) is 15.1. The van der Waals surface area contributed by atoms with Gasteiger partial charge in [-0.3, -0.25) is 9.78 Å². The summed E-state index contributed by atoms with van der Waals surface area (Å²) in [6.07, 6.45) is 1.62. The first-order valence-corrected chi connectivity index (χ1v) is 8.56. The van der Waals surface area contributed by atoms with E-state index in [2.05, 4.69) is 20.4 Å². The Balaban J connectivity index is 1.65. The van der Waals surface area contributed by atoms with Crippen molar-refractivity contribution in [2.24, 2.45) is 0 Å². The number of aryl methyl sites for hydroxylation is 1. The number of anilines is 1. The Morgan fingerprint density at radius 2 is 1.97 bits per heavy atom. The minimum absolute atomic E-state index is 0.285. The van der Waals surface area contributed by atoms with Gasteiger partial charge in [-0.25, -0.2) is 27.6 Å². The van der Waals surface area contributed by atoms with Crippen LogP contribution in [0.15, 0.2) is 53.5 Å². The van der Waals surface area contributed by atoms with Crippen molar-refractivity contribution >= 4 is 17.2 Å². The third kappa shape index (κ3) is 3.59. The second-order valence-electron chi connectivity index (χ2n) is 6.21. The van der Waals surface area contributed by atoms with Gasteiger partial charge in [-0.05, 0) is 31.2 Å². The quantitative estimate of drug-likeness (QED) is 0.571. The molecule has 0 aliphatic rings. The van der Waals surface area contributed by atoms with E-state index in [0.717, 1.165) is 22.9 Å². The summed E-state index contributed by atoms with van der Waals surface area (Å²) in [4.78, 5) is 33.4. The lowest BCUT2D eigenvalue weighted by atomic mass is 10.2. The molecular formula is C19H14F2N6O2. The number of carbonyl (C=O) groups excluding carboxylic acids is 1. The van der Waals surface area contributed by atoms with Crippen molar-refractivity contribution in [1.82, 2.24) is 24.1 Å². The molecular weight excluding hydrogens is 382 g/mol. The average molecular weight is 396 g/mol. The minimum Gasteiger partial charge on any atom is -0.322 e. The molecule has 0 saturated heterocycles. The fourth-order valence-corrected chi connectivity index (χ4v) is 2.87. The van der Waals surface area contributed by atoms with E-state index >= 15 is 0 Å². The van der Waals surface area contributed by atoms with Crippen LogP contribution in [0, 0.1) is 18.6 Å². The van der Waals surface area contributed by atoms with Gasteiger partial charge in [0.2, 0.25) is 5.91 Å². The van der Waals surface area contributed by atoms with Crippen LogP contribution in [0.5, 0.6) is 0 Å². The number of nitrogens with one attached hydrogen (secondary N) is 1. The lowest BCUT2D eigenvalue weighted by molar-refractivity contribution is -0.117. The van der Waals surface area contributed by atoms with Gasteiger partial charge in [0.1, 0.15) is 24.0 Å². The monoisotopic (exact) mass is 396 g/mol. The zero-order chi connectivity index (χ0) is 20.5. The molecule has 0 saturated carbocycles. The number of pyridine rings is 1. The van der Waals surface area contributed by atoms with Crippen molar-refractivity contribution in [1.29, 1.82) is 0 Å². The number of halogens is 2. The topological polar surface area (TPSA) is 94.2 Å². The summed E-state index contributed by atoms with van der Waals surface area (Å²) in [6.45, 7) is 1.16. The van der Waals surface area contributed by atoms with Crippen LogP contribution in [0.1, 0.15) is 5.82 Å². The average Bonchev–Trinajstić information content (AvgIpc) is 3.01. The van der Waals surface area contributed by atoms with Crippen molar-refractivity contribution in [3.63, 3.8) is 0 Å². The van der Waals surface area contributed by atoms with E-state index in [-0.39, 0.29) is 11.3 Å². The summed E-state index contributed by atoms with van der Waals surface area (Å²) >= 11 is 0. The molecule has 1 amide bonds. The first-order chi connectivity index (χ1) is 13.9. The lowest BCUT2D eigenvalue weighted by Crippen LogP contribution is -2.29. The van der Waals surface area contributed by atoms with Gasteiger partial charge < -0.3 is 5.32 Å². The molecule has 0 radical (unpaired) electrons. The molecule has 3 aromatic heterocycles. The van der Waals surface area contributed by atoms with Crippen LogP contribution in [0.3, 0.4) is 0 Å². The smallest absolute Gasteiger partial charge is 0.322 e. The van der Waals surface area contributed by atoms with Crippen molar-refractivity contribution in [2.45, 2.75) is 13.5 Å². The molecule has 1 N–H and O–H groups in total. The van der Waals surface area contributed by atoms with Gasteiger partial charge in [0.05, 0.1) is 17.1 Å². The highest BCUT2D eigenvalue weighted by molar-refractivity contribution is 5.90. The van der Waals surface area contributed by atoms with Gasteiger partial charge in [-0.1, -0.05) is 6.07 Å². The summed E-state index contributed by atoms with van der Waals surface area (Å²) < 4.78 is 29.1.